The van der Waals surface area contributed by atoms with Crippen molar-refractivity contribution in [3.63, 3.8) is 0 Å². The van der Waals surface area contributed by atoms with Gasteiger partial charge in [-0.15, -0.1) is 0 Å². The maximum Gasteiger partial charge on any atom is 0.326 e. The maximum absolute atomic E-state index is 12.3. The molecule has 18 heavy (non-hydrogen) atoms. The Bertz CT molecular complexity index is 322. The topological polar surface area (TPSA) is 64.1 Å². The quantitative estimate of drug-likeness (QED) is 0.801. The Labute approximate surface area is 108 Å². The number of rotatable bonds is 3. The highest BCUT2D eigenvalue weighted by Gasteiger charge is 2.32. The van der Waals surface area contributed by atoms with Crippen LogP contribution in [0.1, 0.15) is 20.3 Å². The van der Waals surface area contributed by atoms with E-state index in [4.69, 9.17) is 5.11 Å². The van der Waals surface area contributed by atoms with E-state index in [-0.39, 0.29) is 12.1 Å². The van der Waals surface area contributed by atoms with Gasteiger partial charge in [-0.05, 0) is 20.4 Å². The number of carboxylic acids is 1. The van der Waals surface area contributed by atoms with Gasteiger partial charge in [-0.25, -0.2) is 9.59 Å². The highest BCUT2D eigenvalue weighted by atomic mass is 16.4. The van der Waals surface area contributed by atoms with E-state index in [9.17, 15) is 9.59 Å². The zero-order chi connectivity index (χ0) is 13.9. The van der Waals surface area contributed by atoms with Gasteiger partial charge >= 0.3 is 12.0 Å². The molecule has 2 unspecified atom stereocenters. The zero-order valence-electron chi connectivity index (χ0n) is 11.6. The van der Waals surface area contributed by atoms with Crippen molar-refractivity contribution in [1.82, 2.24) is 14.7 Å². The average molecular weight is 257 g/mol. The lowest BCUT2D eigenvalue weighted by Crippen LogP contribution is -2.58. The standard InChI is InChI=1S/C12H23N3O3/c1-5-10(11(16)17)14(4)12(18)15-7-6-13(3)8-9(15)2/h9-10H,5-8H2,1-4H3,(H,16,17). The highest BCUT2D eigenvalue weighted by molar-refractivity contribution is 5.82. The maximum atomic E-state index is 12.3. The summed E-state index contributed by atoms with van der Waals surface area (Å²) in [4.78, 5) is 28.6. The predicted octanol–water partition coefficient (Wildman–Crippen LogP) is 0.537. The van der Waals surface area contributed by atoms with Gasteiger partial charge in [-0.1, -0.05) is 6.92 Å². The Kier molecular flexibility index (Phi) is 4.95. The monoisotopic (exact) mass is 257 g/mol. The molecule has 1 rings (SSSR count). The molecule has 0 aromatic rings. The lowest BCUT2D eigenvalue weighted by molar-refractivity contribution is -0.142. The third kappa shape index (κ3) is 3.13. The van der Waals surface area contributed by atoms with Crippen molar-refractivity contribution < 1.29 is 14.7 Å². The van der Waals surface area contributed by atoms with Gasteiger partial charge in [0, 0.05) is 32.7 Å². The van der Waals surface area contributed by atoms with E-state index >= 15 is 0 Å². The van der Waals surface area contributed by atoms with Crippen LogP contribution in [0.2, 0.25) is 0 Å². The molecule has 1 aliphatic rings. The van der Waals surface area contributed by atoms with Crippen LogP contribution in [0.5, 0.6) is 0 Å². The Morgan fingerprint density at radius 1 is 1.44 bits per heavy atom. The molecule has 0 aromatic carbocycles. The van der Waals surface area contributed by atoms with Crippen LogP contribution in [0.15, 0.2) is 0 Å². The fourth-order valence-electron chi connectivity index (χ4n) is 2.37. The highest BCUT2D eigenvalue weighted by Crippen LogP contribution is 2.13. The van der Waals surface area contributed by atoms with Crippen LogP contribution < -0.4 is 0 Å². The van der Waals surface area contributed by atoms with Crippen molar-refractivity contribution in [3.05, 3.63) is 0 Å². The fourth-order valence-corrected chi connectivity index (χ4v) is 2.37. The summed E-state index contributed by atoms with van der Waals surface area (Å²) in [5.74, 6) is -0.949. The number of likely N-dealkylation sites (N-methyl/N-ethyl adjacent to an activating group) is 2. The molecule has 0 spiro atoms. The lowest BCUT2D eigenvalue weighted by Gasteiger charge is -2.40. The Balaban J connectivity index is 2.71. The molecular weight excluding hydrogens is 234 g/mol. The molecule has 1 saturated heterocycles. The molecule has 0 radical (unpaired) electrons. The van der Waals surface area contributed by atoms with Crippen LogP contribution in [0, 0.1) is 0 Å². The van der Waals surface area contributed by atoms with E-state index in [1.165, 1.54) is 4.90 Å². The van der Waals surface area contributed by atoms with Crippen LogP contribution in [0.25, 0.3) is 0 Å². The Morgan fingerprint density at radius 3 is 2.50 bits per heavy atom. The van der Waals surface area contributed by atoms with Crippen LogP contribution in [0.3, 0.4) is 0 Å². The summed E-state index contributed by atoms with van der Waals surface area (Å²) in [6.07, 6.45) is 0.416. The summed E-state index contributed by atoms with van der Waals surface area (Å²) in [6, 6.07) is -0.820. The summed E-state index contributed by atoms with van der Waals surface area (Å²) in [5, 5.41) is 9.08. The van der Waals surface area contributed by atoms with Crippen LogP contribution >= 0.6 is 0 Å². The van der Waals surface area contributed by atoms with Crippen LogP contribution in [0.4, 0.5) is 4.79 Å². The predicted molar refractivity (Wildman–Crippen MR) is 68.5 cm³/mol. The van der Waals surface area contributed by atoms with E-state index in [1.807, 2.05) is 14.0 Å². The minimum absolute atomic E-state index is 0.116. The smallest absolute Gasteiger partial charge is 0.326 e. The molecule has 1 fully saturated rings. The lowest BCUT2D eigenvalue weighted by atomic mass is 10.2. The van der Waals surface area contributed by atoms with Gasteiger partial charge in [0.15, 0.2) is 0 Å². The number of aliphatic carboxylic acids is 1. The second kappa shape index (κ2) is 6.04. The minimum Gasteiger partial charge on any atom is -0.480 e. The summed E-state index contributed by atoms with van der Waals surface area (Å²) in [5.41, 5.74) is 0. The SMILES string of the molecule is CCC(C(=O)O)N(C)C(=O)N1CCN(C)CC1C. The van der Waals surface area contributed by atoms with Gasteiger partial charge in [0.25, 0.3) is 0 Å². The third-order valence-electron chi connectivity index (χ3n) is 3.52. The normalized spacial score (nSPS) is 22.7. The van der Waals surface area contributed by atoms with Crippen molar-refractivity contribution in [1.29, 1.82) is 0 Å². The minimum atomic E-state index is -0.949. The van der Waals surface area contributed by atoms with Crippen molar-refractivity contribution in [2.45, 2.75) is 32.4 Å². The molecule has 0 aromatic heterocycles. The molecule has 104 valence electrons. The van der Waals surface area contributed by atoms with Crippen LogP contribution in [-0.4, -0.2) is 77.6 Å². The van der Waals surface area contributed by atoms with E-state index in [1.54, 1.807) is 18.9 Å². The second-order valence-electron chi connectivity index (χ2n) is 4.96. The number of urea groups is 1. The number of hydrogen-bond acceptors (Lipinski definition) is 3. The fraction of sp³-hybridized carbons (Fsp3) is 0.833. The van der Waals surface area contributed by atoms with Gasteiger partial charge in [0.05, 0.1) is 0 Å². The number of amides is 2. The molecule has 6 heteroatoms. The average Bonchev–Trinajstić information content (AvgIpc) is 2.28. The molecule has 1 N–H and O–H groups in total. The first-order valence-corrected chi connectivity index (χ1v) is 6.33. The van der Waals surface area contributed by atoms with Gasteiger partial charge in [0.1, 0.15) is 6.04 Å². The first kappa shape index (κ1) is 14.8. The van der Waals surface area contributed by atoms with Crippen molar-refractivity contribution >= 4 is 12.0 Å². The summed E-state index contributed by atoms with van der Waals surface area (Å²) in [6.45, 7) is 6.06. The molecular formula is C12H23N3O3. The van der Waals surface area contributed by atoms with Gasteiger partial charge < -0.3 is 19.8 Å². The second-order valence-corrected chi connectivity index (χ2v) is 4.96. The molecule has 2 amide bonds. The number of carboxylic acid groups (broad SMARTS) is 1. The molecule has 0 saturated carbocycles. The molecule has 1 heterocycles. The summed E-state index contributed by atoms with van der Waals surface area (Å²) in [7, 11) is 3.59. The third-order valence-corrected chi connectivity index (χ3v) is 3.52. The summed E-state index contributed by atoms with van der Waals surface area (Å²) >= 11 is 0. The van der Waals surface area contributed by atoms with Crippen molar-refractivity contribution in [3.8, 4) is 0 Å². The molecule has 6 nitrogen and oxygen atoms in total. The molecule has 0 bridgehead atoms. The Hall–Kier alpha value is -1.30. The van der Waals surface area contributed by atoms with Crippen molar-refractivity contribution in [2.75, 3.05) is 33.7 Å². The molecule has 1 aliphatic heterocycles. The molecule has 2 atom stereocenters. The number of piperazine rings is 1. The van der Waals surface area contributed by atoms with E-state index < -0.39 is 12.0 Å². The first-order chi connectivity index (χ1) is 8.38. The van der Waals surface area contributed by atoms with Gasteiger partial charge in [-0.3, -0.25) is 0 Å². The number of carbonyl (C=O) groups is 2. The van der Waals surface area contributed by atoms with Gasteiger partial charge in [-0.2, -0.15) is 0 Å². The molecule has 0 aliphatic carbocycles. The van der Waals surface area contributed by atoms with Gasteiger partial charge in [0.2, 0.25) is 0 Å². The number of hydrogen-bond donors (Lipinski definition) is 1. The summed E-state index contributed by atoms with van der Waals surface area (Å²) < 4.78 is 0. The van der Waals surface area contributed by atoms with E-state index in [2.05, 4.69) is 4.90 Å². The first-order valence-electron chi connectivity index (χ1n) is 6.33. The zero-order valence-corrected chi connectivity index (χ0v) is 11.6. The van der Waals surface area contributed by atoms with Crippen LogP contribution in [-0.2, 0) is 4.79 Å². The van der Waals surface area contributed by atoms with E-state index in [0.29, 0.717) is 13.0 Å². The number of nitrogens with zero attached hydrogens (tertiary/aromatic N) is 3. The Morgan fingerprint density at radius 2 is 2.06 bits per heavy atom. The number of carbonyl (C=O) groups excluding carboxylic acids is 1. The van der Waals surface area contributed by atoms with Crippen molar-refractivity contribution in [2.24, 2.45) is 0 Å². The van der Waals surface area contributed by atoms with E-state index in [0.717, 1.165) is 13.1 Å². The largest absolute Gasteiger partial charge is 0.480 e.